The lowest BCUT2D eigenvalue weighted by atomic mass is 9.95. The molecule has 2 aliphatic rings. The second-order valence-corrected chi connectivity index (χ2v) is 6.10. The Morgan fingerprint density at radius 2 is 2.05 bits per heavy atom. The Morgan fingerprint density at radius 1 is 1.37 bits per heavy atom. The van der Waals surface area contributed by atoms with Crippen molar-refractivity contribution < 1.29 is 4.79 Å². The first kappa shape index (κ1) is 12.7. The van der Waals surface area contributed by atoms with Gasteiger partial charge in [-0.2, -0.15) is 0 Å². The summed E-state index contributed by atoms with van der Waals surface area (Å²) in [6.07, 6.45) is 2.10. The molecule has 1 saturated carbocycles. The zero-order valence-electron chi connectivity index (χ0n) is 11.7. The zero-order valence-corrected chi connectivity index (χ0v) is 11.7. The lowest BCUT2D eigenvalue weighted by molar-refractivity contribution is -0.132. The number of nitrogens with one attached hydrogen (secondary N) is 1. The van der Waals surface area contributed by atoms with Crippen LogP contribution >= 0.6 is 0 Å². The van der Waals surface area contributed by atoms with Gasteiger partial charge < -0.3 is 10.2 Å². The van der Waals surface area contributed by atoms with Gasteiger partial charge in [-0.05, 0) is 35.8 Å². The summed E-state index contributed by atoms with van der Waals surface area (Å²) < 4.78 is 0. The molecule has 3 nitrogen and oxygen atoms in total. The fraction of sp³-hybridized carbons (Fsp3) is 0.562. The molecule has 102 valence electrons. The summed E-state index contributed by atoms with van der Waals surface area (Å²) in [5, 5.41) is 3.37. The average molecular weight is 258 g/mol. The number of benzene rings is 1. The maximum Gasteiger partial charge on any atom is 0.239 e. The van der Waals surface area contributed by atoms with Crippen LogP contribution in [0.2, 0.25) is 0 Å². The van der Waals surface area contributed by atoms with Crippen LogP contribution in [0.1, 0.15) is 24.5 Å². The number of amides is 1. The Morgan fingerprint density at radius 3 is 2.74 bits per heavy atom. The predicted molar refractivity (Wildman–Crippen MR) is 75.7 cm³/mol. The van der Waals surface area contributed by atoms with E-state index in [1.54, 1.807) is 0 Å². The lowest BCUT2D eigenvalue weighted by Gasteiger charge is -2.29. The normalized spacial score (nSPS) is 28.6. The summed E-state index contributed by atoms with van der Waals surface area (Å²) in [7, 11) is 1.94. The number of carbonyl (C=O) groups excluding carboxylic acids is 1. The molecule has 1 aliphatic carbocycles. The van der Waals surface area contributed by atoms with Crippen LogP contribution in [-0.2, 0) is 17.8 Å². The van der Waals surface area contributed by atoms with E-state index in [0.717, 1.165) is 31.3 Å². The van der Waals surface area contributed by atoms with E-state index in [2.05, 4.69) is 36.5 Å². The highest BCUT2D eigenvalue weighted by Crippen LogP contribution is 2.38. The summed E-state index contributed by atoms with van der Waals surface area (Å²) in [5.41, 5.74) is 2.64. The maximum atomic E-state index is 12.4. The number of likely N-dealkylation sites (N-methyl/N-ethyl adjacent to an activating group) is 1. The molecule has 1 fully saturated rings. The maximum absolute atomic E-state index is 12.4. The molecule has 3 atom stereocenters. The van der Waals surface area contributed by atoms with Gasteiger partial charge in [0.05, 0.1) is 6.04 Å². The summed E-state index contributed by atoms with van der Waals surface area (Å²) >= 11 is 0. The number of nitrogens with zero attached hydrogens (tertiary/aromatic N) is 1. The highest BCUT2D eigenvalue weighted by atomic mass is 16.2. The Balaban J connectivity index is 1.62. The van der Waals surface area contributed by atoms with E-state index >= 15 is 0 Å². The van der Waals surface area contributed by atoms with Gasteiger partial charge in [0.15, 0.2) is 0 Å². The van der Waals surface area contributed by atoms with E-state index in [9.17, 15) is 4.79 Å². The van der Waals surface area contributed by atoms with Gasteiger partial charge in [-0.25, -0.2) is 0 Å². The molecule has 1 heterocycles. The number of rotatable bonds is 3. The van der Waals surface area contributed by atoms with Gasteiger partial charge in [0.25, 0.3) is 0 Å². The summed E-state index contributed by atoms with van der Waals surface area (Å²) in [6, 6.07) is 8.34. The molecular formula is C16H22N2O. The molecule has 0 spiro atoms. The summed E-state index contributed by atoms with van der Waals surface area (Å²) in [4.78, 5) is 14.4. The third-order valence-electron chi connectivity index (χ3n) is 4.54. The minimum absolute atomic E-state index is 0.0473. The van der Waals surface area contributed by atoms with Crippen molar-refractivity contribution >= 4 is 5.91 Å². The standard InChI is InChI=1S/C16H22N2O/c1-11-7-14(11)10-18(2)16(19)15-8-12-5-3-4-6-13(12)9-17-15/h3-6,11,14-15,17H,7-10H2,1-2H3. The molecule has 3 rings (SSSR count). The number of fused-ring (bicyclic) bond motifs is 1. The van der Waals surface area contributed by atoms with Crippen LogP contribution in [0, 0.1) is 11.8 Å². The largest absolute Gasteiger partial charge is 0.344 e. The topological polar surface area (TPSA) is 32.3 Å². The SMILES string of the molecule is CC1CC1CN(C)C(=O)C1Cc2ccccc2CN1. The minimum Gasteiger partial charge on any atom is -0.344 e. The Bertz CT molecular complexity index is 485. The fourth-order valence-electron chi connectivity index (χ4n) is 2.99. The number of carbonyl (C=O) groups is 1. The van der Waals surface area contributed by atoms with Gasteiger partial charge in [0, 0.05) is 20.1 Å². The first-order valence-corrected chi connectivity index (χ1v) is 7.20. The van der Waals surface area contributed by atoms with Gasteiger partial charge in [-0.15, -0.1) is 0 Å². The van der Waals surface area contributed by atoms with Crippen molar-refractivity contribution in [3.63, 3.8) is 0 Å². The van der Waals surface area contributed by atoms with E-state index in [-0.39, 0.29) is 11.9 Å². The third kappa shape index (κ3) is 2.66. The molecule has 0 bridgehead atoms. The van der Waals surface area contributed by atoms with E-state index < -0.39 is 0 Å². The smallest absolute Gasteiger partial charge is 0.239 e. The molecule has 1 aromatic rings. The second kappa shape index (κ2) is 4.97. The van der Waals surface area contributed by atoms with Crippen molar-refractivity contribution in [1.82, 2.24) is 10.2 Å². The average Bonchev–Trinajstić information content (AvgIpc) is 3.12. The summed E-state index contributed by atoms with van der Waals surface area (Å²) in [6.45, 7) is 3.98. The van der Waals surface area contributed by atoms with E-state index in [0.29, 0.717) is 0 Å². The van der Waals surface area contributed by atoms with Crippen LogP contribution in [0.4, 0.5) is 0 Å². The molecule has 0 aromatic heterocycles. The van der Waals surface area contributed by atoms with Crippen LogP contribution in [-0.4, -0.2) is 30.4 Å². The van der Waals surface area contributed by atoms with Crippen molar-refractivity contribution in [3.05, 3.63) is 35.4 Å². The number of hydrogen-bond donors (Lipinski definition) is 1. The van der Waals surface area contributed by atoms with Gasteiger partial charge in [0.2, 0.25) is 5.91 Å². The predicted octanol–water partition coefficient (Wildman–Crippen LogP) is 1.82. The monoisotopic (exact) mass is 258 g/mol. The van der Waals surface area contributed by atoms with Crippen molar-refractivity contribution in [3.8, 4) is 0 Å². The molecule has 1 aromatic carbocycles. The van der Waals surface area contributed by atoms with E-state index in [1.165, 1.54) is 17.5 Å². The zero-order chi connectivity index (χ0) is 13.4. The minimum atomic E-state index is -0.0473. The van der Waals surface area contributed by atoms with E-state index in [4.69, 9.17) is 0 Å². The summed E-state index contributed by atoms with van der Waals surface area (Å²) in [5.74, 6) is 1.77. The Hall–Kier alpha value is -1.35. The highest BCUT2D eigenvalue weighted by molar-refractivity contribution is 5.82. The van der Waals surface area contributed by atoms with Crippen molar-refractivity contribution in [2.45, 2.75) is 32.4 Å². The Kier molecular flexibility index (Phi) is 3.31. The molecule has 1 N–H and O–H groups in total. The van der Waals surface area contributed by atoms with E-state index in [1.807, 2.05) is 11.9 Å². The lowest BCUT2D eigenvalue weighted by Crippen LogP contribution is -2.48. The molecule has 0 saturated heterocycles. The first-order chi connectivity index (χ1) is 9.15. The van der Waals surface area contributed by atoms with Crippen LogP contribution in [0.15, 0.2) is 24.3 Å². The quantitative estimate of drug-likeness (QED) is 0.897. The van der Waals surface area contributed by atoms with Crippen LogP contribution in [0.3, 0.4) is 0 Å². The first-order valence-electron chi connectivity index (χ1n) is 7.20. The number of hydrogen-bond acceptors (Lipinski definition) is 2. The third-order valence-corrected chi connectivity index (χ3v) is 4.54. The molecule has 3 heteroatoms. The molecule has 0 radical (unpaired) electrons. The van der Waals surface area contributed by atoms with Crippen molar-refractivity contribution in [2.75, 3.05) is 13.6 Å². The van der Waals surface area contributed by atoms with Gasteiger partial charge in [-0.3, -0.25) is 4.79 Å². The van der Waals surface area contributed by atoms with Gasteiger partial charge in [-0.1, -0.05) is 31.2 Å². The molecule has 1 amide bonds. The van der Waals surface area contributed by atoms with Gasteiger partial charge in [0.1, 0.15) is 0 Å². The highest BCUT2D eigenvalue weighted by Gasteiger charge is 2.35. The van der Waals surface area contributed by atoms with Crippen molar-refractivity contribution in [2.24, 2.45) is 11.8 Å². The van der Waals surface area contributed by atoms with Crippen LogP contribution in [0.5, 0.6) is 0 Å². The molecule has 3 unspecified atom stereocenters. The Labute approximate surface area is 115 Å². The fourth-order valence-corrected chi connectivity index (χ4v) is 2.99. The van der Waals surface area contributed by atoms with Crippen LogP contribution < -0.4 is 5.32 Å². The van der Waals surface area contributed by atoms with Crippen molar-refractivity contribution in [1.29, 1.82) is 0 Å². The van der Waals surface area contributed by atoms with Crippen LogP contribution in [0.25, 0.3) is 0 Å². The second-order valence-electron chi connectivity index (χ2n) is 6.10. The molecular weight excluding hydrogens is 236 g/mol. The molecule has 19 heavy (non-hydrogen) atoms. The van der Waals surface area contributed by atoms with Gasteiger partial charge >= 0.3 is 0 Å². The molecule has 1 aliphatic heterocycles.